The number of benzene rings is 2. The molecule has 0 saturated carbocycles. The minimum absolute atomic E-state index is 0.110. The van der Waals surface area contributed by atoms with E-state index in [0.717, 1.165) is 0 Å². The molecule has 0 bridgehead atoms. The van der Waals surface area contributed by atoms with Gasteiger partial charge in [0.1, 0.15) is 11.7 Å². The van der Waals surface area contributed by atoms with Gasteiger partial charge in [-0.3, -0.25) is 5.41 Å². The van der Waals surface area contributed by atoms with Gasteiger partial charge in [-0.25, -0.2) is 4.39 Å². The average Bonchev–Trinajstić information content (AvgIpc) is 2.38. The zero-order valence-corrected chi connectivity index (χ0v) is 11.1. The lowest BCUT2D eigenvalue weighted by Gasteiger charge is -2.22. The molecule has 0 aliphatic heterocycles. The van der Waals surface area contributed by atoms with E-state index in [1.807, 2.05) is 0 Å². The standard InChI is InChI=1S/C14H13ClFN3/c1-19(13-5-3-2-4-11(13)16)12-7-6-9(15)8-10(12)14(17)18/h2-8H,1H3,(H3,17,18). The molecule has 0 spiro atoms. The van der Waals surface area contributed by atoms with Gasteiger partial charge in [0.15, 0.2) is 0 Å². The number of rotatable bonds is 3. The highest BCUT2D eigenvalue weighted by atomic mass is 35.5. The molecule has 3 nitrogen and oxygen atoms in total. The van der Waals surface area contributed by atoms with Gasteiger partial charge in [-0.15, -0.1) is 0 Å². The normalized spacial score (nSPS) is 10.3. The smallest absolute Gasteiger partial charge is 0.146 e. The third-order valence-electron chi connectivity index (χ3n) is 2.82. The summed E-state index contributed by atoms with van der Waals surface area (Å²) in [5, 5.41) is 8.06. The molecule has 0 fully saturated rings. The molecular weight excluding hydrogens is 265 g/mol. The van der Waals surface area contributed by atoms with Crippen molar-refractivity contribution in [2.75, 3.05) is 11.9 Å². The van der Waals surface area contributed by atoms with Crippen LogP contribution < -0.4 is 10.6 Å². The predicted molar refractivity (Wildman–Crippen MR) is 76.9 cm³/mol. The first kappa shape index (κ1) is 13.4. The Balaban J connectivity index is 2.53. The van der Waals surface area contributed by atoms with E-state index in [0.29, 0.717) is 22.0 Å². The van der Waals surface area contributed by atoms with Crippen molar-refractivity contribution in [3.63, 3.8) is 0 Å². The second-order valence-corrected chi connectivity index (χ2v) is 4.52. The first-order valence-electron chi connectivity index (χ1n) is 5.63. The molecule has 0 atom stereocenters. The number of amidine groups is 1. The number of nitrogens with one attached hydrogen (secondary N) is 1. The average molecular weight is 278 g/mol. The van der Waals surface area contributed by atoms with Crippen LogP contribution in [0.3, 0.4) is 0 Å². The summed E-state index contributed by atoms with van der Waals surface area (Å²) in [5.41, 5.74) is 7.05. The number of nitrogen functional groups attached to an aromatic ring is 1. The molecular formula is C14H13ClFN3. The molecule has 0 aromatic heterocycles. The fourth-order valence-electron chi connectivity index (χ4n) is 1.87. The molecule has 0 heterocycles. The van der Waals surface area contributed by atoms with Crippen molar-refractivity contribution in [3.05, 3.63) is 58.9 Å². The number of para-hydroxylation sites is 1. The first-order valence-corrected chi connectivity index (χ1v) is 6.00. The van der Waals surface area contributed by atoms with Gasteiger partial charge in [0.2, 0.25) is 0 Å². The number of hydrogen-bond acceptors (Lipinski definition) is 2. The largest absolute Gasteiger partial charge is 0.384 e. The zero-order valence-electron chi connectivity index (χ0n) is 10.3. The van der Waals surface area contributed by atoms with Crippen molar-refractivity contribution >= 4 is 28.8 Å². The summed E-state index contributed by atoms with van der Waals surface area (Å²) in [7, 11) is 1.72. The Hall–Kier alpha value is -2.07. The van der Waals surface area contributed by atoms with Gasteiger partial charge >= 0.3 is 0 Å². The molecule has 0 unspecified atom stereocenters. The monoisotopic (exact) mass is 277 g/mol. The highest BCUT2D eigenvalue weighted by Crippen LogP contribution is 2.30. The van der Waals surface area contributed by atoms with E-state index in [4.69, 9.17) is 22.7 Å². The maximum atomic E-state index is 13.8. The third kappa shape index (κ3) is 2.69. The van der Waals surface area contributed by atoms with E-state index in [1.54, 1.807) is 48.3 Å². The molecule has 2 aromatic carbocycles. The fourth-order valence-corrected chi connectivity index (χ4v) is 2.04. The van der Waals surface area contributed by atoms with Crippen LogP contribution in [0.15, 0.2) is 42.5 Å². The lowest BCUT2D eigenvalue weighted by atomic mass is 10.1. The van der Waals surface area contributed by atoms with Crippen molar-refractivity contribution in [2.45, 2.75) is 0 Å². The molecule has 0 aliphatic carbocycles. The SMILES string of the molecule is CN(c1ccccc1F)c1ccc(Cl)cc1C(=N)N. The molecule has 0 radical (unpaired) electrons. The minimum atomic E-state index is -0.338. The number of nitrogens with two attached hydrogens (primary N) is 1. The highest BCUT2D eigenvalue weighted by molar-refractivity contribution is 6.31. The number of anilines is 2. The van der Waals surface area contributed by atoms with Gasteiger partial charge in [-0.2, -0.15) is 0 Å². The van der Waals surface area contributed by atoms with E-state index in [1.165, 1.54) is 6.07 Å². The second-order valence-electron chi connectivity index (χ2n) is 4.09. The summed E-state index contributed by atoms with van der Waals surface area (Å²) < 4.78 is 13.8. The van der Waals surface area contributed by atoms with E-state index >= 15 is 0 Å². The van der Waals surface area contributed by atoms with Gasteiger partial charge < -0.3 is 10.6 Å². The van der Waals surface area contributed by atoms with Crippen molar-refractivity contribution in [1.82, 2.24) is 0 Å². The topological polar surface area (TPSA) is 53.1 Å². The van der Waals surface area contributed by atoms with Gasteiger partial charge in [0, 0.05) is 17.6 Å². The third-order valence-corrected chi connectivity index (χ3v) is 3.06. The van der Waals surface area contributed by atoms with Gasteiger partial charge in [0.25, 0.3) is 0 Å². The Morgan fingerprint density at radius 3 is 2.53 bits per heavy atom. The van der Waals surface area contributed by atoms with E-state index < -0.39 is 0 Å². The minimum Gasteiger partial charge on any atom is -0.384 e. The van der Waals surface area contributed by atoms with Gasteiger partial charge in [0.05, 0.1) is 11.4 Å². The van der Waals surface area contributed by atoms with Crippen LogP contribution in [-0.2, 0) is 0 Å². The fraction of sp³-hybridized carbons (Fsp3) is 0.0714. The predicted octanol–water partition coefficient (Wildman–Crippen LogP) is 3.53. The molecule has 3 N–H and O–H groups in total. The maximum Gasteiger partial charge on any atom is 0.146 e. The summed E-state index contributed by atoms with van der Waals surface area (Å²) in [4.78, 5) is 1.64. The van der Waals surface area contributed by atoms with Crippen LogP contribution in [0.2, 0.25) is 5.02 Å². The summed E-state index contributed by atoms with van der Waals surface area (Å²) in [6, 6.07) is 11.4. The van der Waals surface area contributed by atoms with Gasteiger partial charge in [-0.05, 0) is 30.3 Å². The summed E-state index contributed by atoms with van der Waals surface area (Å²) in [6.07, 6.45) is 0. The zero-order chi connectivity index (χ0) is 14.0. The summed E-state index contributed by atoms with van der Waals surface area (Å²) in [5.74, 6) is -0.449. The van der Waals surface area contributed by atoms with Crippen molar-refractivity contribution in [1.29, 1.82) is 5.41 Å². The molecule has 19 heavy (non-hydrogen) atoms. The van der Waals surface area contributed by atoms with E-state index in [-0.39, 0.29) is 11.7 Å². The second kappa shape index (κ2) is 5.28. The Kier molecular flexibility index (Phi) is 3.71. The van der Waals surface area contributed by atoms with Crippen LogP contribution >= 0.6 is 11.6 Å². The van der Waals surface area contributed by atoms with Crippen LogP contribution in [0.5, 0.6) is 0 Å². The van der Waals surface area contributed by atoms with Crippen LogP contribution in [0.4, 0.5) is 15.8 Å². The lowest BCUT2D eigenvalue weighted by Crippen LogP contribution is -2.19. The van der Waals surface area contributed by atoms with E-state index in [2.05, 4.69) is 0 Å². The molecule has 98 valence electrons. The Morgan fingerprint density at radius 2 is 1.89 bits per heavy atom. The van der Waals surface area contributed by atoms with E-state index in [9.17, 15) is 4.39 Å². The Morgan fingerprint density at radius 1 is 1.21 bits per heavy atom. The van der Waals surface area contributed by atoms with Crippen LogP contribution in [-0.4, -0.2) is 12.9 Å². The lowest BCUT2D eigenvalue weighted by molar-refractivity contribution is 0.627. The number of nitrogens with zero attached hydrogens (tertiary/aromatic N) is 1. The Labute approximate surface area is 115 Å². The number of hydrogen-bond donors (Lipinski definition) is 2. The van der Waals surface area contributed by atoms with Crippen molar-refractivity contribution in [3.8, 4) is 0 Å². The van der Waals surface area contributed by atoms with Crippen molar-refractivity contribution < 1.29 is 4.39 Å². The molecule has 5 heteroatoms. The summed E-state index contributed by atoms with van der Waals surface area (Å²) >= 11 is 5.90. The molecule has 2 aromatic rings. The molecule has 2 rings (SSSR count). The summed E-state index contributed by atoms with van der Waals surface area (Å²) in [6.45, 7) is 0. The van der Waals surface area contributed by atoms with Crippen molar-refractivity contribution in [2.24, 2.45) is 5.73 Å². The quantitative estimate of drug-likeness (QED) is 0.666. The molecule has 0 aliphatic rings. The number of halogens is 2. The molecule has 0 amide bonds. The van der Waals surface area contributed by atoms with Crippen LogP contribution in [0.1, 0.15) is 5.56 Å². The Bertz CT molecular complexity index is 628. The van der Waals surface area contributed by atoms with Gasteiger partial charge in [-0.1, -0.05) is 23.7 Å². The van der Waals surface area contributed by atoms with Crippen LogP contribution in [0, 0.1) is 11.2 Å². The first-order chi connectivity index (χ1) is 9.00. The van der Waals surface area contributed by atoms with Crippen LogP contribution in [0.25, 0.3) is 0 Å². The molecule has 0 saturated heterocycles. The maximum absolute atomic E-state index is 13.8. The highest BCUT2D eigenvalue weighted by Gasteiger charge is 2.14.